The highest BCUT2D eigenvalue weighted by Gasteiger charge is 2.24. The number of nitrogens with two attached hydrogens (primary N) is 1. The van der Waals surface area contributed by atoms with Gasteiger partial charge in [-0.25, -0.2) is 0 Å². The maximum absolute atomic E-state index is 11.3. The fourth-order valence-electron chi connectivity index (χ4n) is 3.45. The first-order valence-electron chi connectivity index (χ1n) is 12.3. The van der Waals surface area contributed by atoms with Crippen LogP contribution in [0.3, 0.4) is 0 Å². The minimum absolute atomic E-state index is 0.00339. The number of thioether (sulfide) groups is 1. The van der Waals surface area contributed by atoms with Crippen molar-refractivity contribution in [1.29, 1.82) is 0 Å². The van der Waals surface area contributed by atoms with Crippen LogP contribution in [0.1, 0.15) is 26.8 Å². The van der Waals surface area contributed by atoms with E-state index in [2.05, 4.69) is 25.7 Å². The molecule has 0 saturated heterocycles. The number of aromatic nitrogens is 4. The number of hydrogen-bond acceptors (Lipinski definition) is 17. The van der Waals surface area contributed by atoms with Crippen LogP contribution in [0, 0.1) is 37.3 Å². The summed E-state index contributed by atoms with van der Waals surface area (Å²) in [6, 6.07) is 7.76. The topological polar surface area (TPSA) is 237 Å². The molecule has 226 valence electrons. The smallest absolute Gasteiger partial charge is 0.317 e. The van der Waals surface area contributed by atoms with Crippen LogP contribution >= 0.6 is 34.4 Å². The number of anilines is 1. The first-order valence-corrected chi connectivity index (χ1v) is 15.1. The third-order valence-electron chi connectivity index (χ3n) is 5.48. The molecule has 0 bridgehead atoms. The Hall–Kier alpha value is -4.53. The van der Waals surface area contributed by atoms with E-state index in [-0.39, 0.29) is 23.9 Å². The molecule has 0 spiro atoms. The van der Waals surface area contributed by atoms with E-state index in [1.54, 1.807) is 30.8 Å². The summed E-state index contributed by atoms with van der Waals surface area (Å²) in [5.74, 6) is 1.47. The van der Waals surface area contributed by atoms with Crippen LogP contribution in [0.4, 0.5) is 22.2 Å². The molecular weight excluding hydrogens is 627 g/mol. The highest BCUT2D eigenvalue weighted by molar-refractivity contribution is 7.99. The molecule has 0 amide bonds. The molecule has 1 unspecified atom stereocenters. The predicted molar refractivity (Wildman–Crippen MR) is 159 cm³/mol. The van der Waals surface area contributed by atoms with E-state index in [1.165, 1.54) is 28.7 Å². The Morgan fingerprint density at radius 3 is 2.23 bits per heavy atom. The molecule has 0 radical (unpaired) electrons. The van der Waals surface area contributed by atoms with E-state index in [9.17, 15) is 30.3 Å². The molecule has 43 heavy (non-hydrogen) atoms. The lowest BCUT2D eigenvalue weighted by Gasteiger charge is -2.11. The number of rotatable bonds is 16. The molecule has 0 saturated carbocycles. The van der Waals surface area contributed by atoms with Gasteiger partial charge in [-0.15, -0.1) is 20.4 Å². The van der Waals surface area contributed by atoms with E-state index in [0.29, 0.717) is 28.0 Å². The highest BCUT2D eigenvalue weighted by atomic mass is 32.2. The molecule has 0 aliphatic rings. The minimum atomic E-state index is -1.14. The fraction of sp³-hybridized carbons (Fsp3) is 0.304. The van der Waals surface area contributed by atoms with Crippen molar-refractivity contribution in [2.24, 2.45) is 5.73 Å². The van der Waals surface area contributed by atoms with E-state index in [1.807, 2.05) is 0 Å². The van der Waals surface area contributed by atoms with Gasteiger partial charge in [0.1, 0.15) is 10.0 Å². The molecule has 20 heteroatoms. The van der Waals surface area contributed by atoms with Crippen molar-refractivity contribution in [3.8, 4) is 11.5 Å². The first-order chi connectivity index (χ1) is 20.6. The van der Waals surface area contributed by atoms with Crippen LogP contribution in [-0.2, 0) is 12.8 Å². The van der Waals surface area contributed by atoms with E-state index in [0.717, 1.165) is 40.3 Å². The lowest BCUT2D eigenvalue weighted by molar-refractivity contribution is -0.394. The SMILES string of the molecule is Cc1ccc(OCNc2nnc(CCSCCc3nnc(C(N)Oc4ccc([N+](=O)[O-])cc4[N+](=O)[O-])s3)s2)c([N+](=O)[O-])c1. The average Bonchev–Trinajstić information content (AvgIpc) is 3.63. The second kappa shape index (κ2) is 14.6. The minimum Gasteiger partial charge on any atom is -0.466 e. The molecule has 4 aromatic rings. The maximum atomic E-state index is 11.3. The van der Waals surface area contributed by atoms with Crippen LogP contribution in [0.5, 0.6) is 11.5 Å². The van der Waals surface area contributed by atoms with Gasteiger partial charge < -0.3 is 14.8 Å². The number of nitro groups is 3. The van der Waals surface area contributed by atoms with Gasteiger partial charge in [-0.2, -0.15) is 11.8 Å². The van der Waals surface area contributed by atoms with Gasteiger partial charge in [0.15, 0.2) is 23.2 Å². The van der Waals surface area contributed by atoms with Crippen LogP contribution in [0.2, 0.25) is 0 Å². The Morgan fingerprint density at radius 1 is 0.884 bits per heavy atom. The number of hydrogen-bond donors (Lipinski definition) is 2. The number of aryl methyl sites for hydroxylation is 3. The van der Waals surface area contributed by atoms with Gasteiger partial charge in [0.25, 0.3) is 5.69 Å². The van der Waals surface area contributed by atoms with Gasteiger partial charge in [-0.3, -0.25) is 36.1 Å². The van der Waals surface area contributed by atoms with Crippen LogP contribution in [0.15, 0.2) is 36.4 Å². The van der Waals surface area contributed by atoms with Gasteiger partial charge in [0, 0.05) is 25.0 Å². The molecule has 4 rings (SSSR count). The molecule has 0 aliphatic carbocycles. The van der Waals surface area contributed by atoms with Crippen molar-refractivity contribution < 1.29 is 24.2 Å². The van der Waals surface area contributed by atoms with Crippen LogP contribution in [0.25, 0.3) is 0 Å². The van der Waals surface area contributed by atoms with Crippen LogP contribution in [-0.4, -0.2) is 53.4 Å². The molecule has 0 fully saturated rings. The average molecular weight is 650 g/mol. The van der Waals surface area contributed by atoms with Gasteiger partial charge >= 0.3 is 11.4 Å². The lowest BCUT2D eigenvalue weighted by atomic mass is 10.2. The summed E-state index contributed by atoms with van der Waals surface area (Å²) < 4.78 is 11.0. The molecule has 17 nitrogen and oxygen atoms in total. The molecule has 0 aliphatic heterocycles. The van der Waals surface area contributed by atoms with Crippen molar-refractivity contribution in [2.75, 3.05) is 23.6 Å². The number of nitrogens with one attached hydrogen (secondary N) is 1. The number of nitro benzene ring substituents is 3. The van der Waals surface area contributed by atoms with Gasteiger partial charge in [-0.05, 0) is 36.1 Å². The third kappa shape index (κ3) is 8.73. The normalized spacial score (nSPS) is 11.6. The molecule has 1 atom stereocenters. The van der Waals surface area contributed by atoms with Crippen molar-refractivity contribution in [3.63, 3.8) is 0 Å². The summed E-state index contributed by atoms with van der Waals surface area (Å²) in [5.41, 5.74) is 5.64. The molecular formula is C23H23N9O8S3. The zero-order valence-corrected chi connectivity index (χ0v) is 24.7. The van der Waals surface area contributed by atoms with E-state index in [4.69, 9.17) is 15.2 Å². The summed E-state index contributed by atoms with van der Waals surface area (Å²) in [4.78, 5) is 31.4. The Labute approximate surface area is 254 Å². The summed E-state index contributed by atoms with van der Waals surface area (Å²) in [7, 11) is 0. The molecule has 2 heterocycles. The standard InChI is InChI=1S/C23H23N9O8S3/c1-13-2-4-17(15(10-13)31(35)36)39-12-25-23-29-27-20(43-23)7-9-41-8-6-19-26-28-22(42-19)21(24)40-18-5-3-14(30(33)34)11-16(18)32(37)38/h2-5,10-11,21H,6-9,12,24H2,1H3,(H,25,29). The third-order valence-corrected chi connectivity index (χ3v) is 8.45. The second-order valence-electron chi connectivity index (χ2n) is 8.55. The van der Waals surface area contributed by atoms with E-state index >= 15 is 0 Å². The second-order valence-corrected chi connectivity index (χ2v) is 11.9. The number of non-ortho nitro benzene ring substituents is 1. The fourth-order valence-corrected chi connectivity index (χ4v) is 6.08. The summed E-state index contributed by atoms with van der Waals surface area (Å²) in [6.07, 6.45) is 0.150. The van der Waals surface area contributed by atoms with Crippen molar-refractivity contribution in [2.45, 2.75) is 26.0 Å². The molecule has 2 aromatic heterocycles. The van der Waals surface area contributed by atoms with Crippen molar-refractivity contribution in [3.05, 3.63) is 87.3 Å². The quantitative estimate of drug-likeness (QED) is 0.0739. The maximum Gasteiger partial charge on any atom is 0.317 e. The zero-order valence-electron chi connectivity index (χ0n) is 22.3. The van der Waals surface area contributed by atoms with E-state index < -0.39 is 32.4 Å². The van der Waals surface area contributed by atoms with Crippen molar-refractivity contribution >= 4 is 56.6 Å². The van der Waals surface area contributed by atoms with Gasteiger partial charge in [0.05, 0.1) is 20.8 Å². The number of benzene rings is 2. The first kappa shape index (κ1) is 31.4. The largest absolute Gasteiger partial charge is 0.466 e. The Balaban J connectivity index is 1.18. The van der Waals surface area contributed by atoms with Gasteiger partial charge in [-0.1, -0.05) is 28.7 Å². The number of nitrogens with zero attached hydrogens (tertiary/aromatic N) is 7. The summed E-state index contributed by atoms with van der Waals surface area (Å²) in [5, 5.41) is 55.1. The van der Waals surface area contributed by atoms with Gasteiger partial charge in [0.2, 0.25) is 11.4 Å². The highest BCUT2D eigenvalue weighted by Crippen LogP contribution is 2.34. The zero-order chi connectivity index (χ0) is 30.9. The Morgan fingerprint density at radius 2 is 1.53 bits per heavy atom. The lowest BCUT2D eigenvalue weighted by Crippen LogP contribution is -2.18. The summed E-state index contributed by atoms with van der Waals surface area (Å²) in [6.45, 7) is 1.76. The molecule has 2 aromatic carbocycles. The van der Waals surface area contributed by atoms with Crippen molar-refractivity contribution in [1.82, 2.24) is 20.4 Å². The molecule has 3 N–H and O–H groups in total. The monoisotopic (exact) mass is 649 g/mol. The van der Waals surface area contributed by atoms with Crippen LogP contribution < -0.4 is 20.5 Å². The summed E-state index contributed by atoms with van der Waals surface area (Å²) >= 11 is 4.25. The Kier molecular flexibility index (Phi) is 10.6. The predicted octanol–water partition coefficient (Wildman–Crippen LogP) is 4.43. The Bertz CT molecular complexity index is 1620. The number of ether oxygens (including phenoxy) is 2.